The highest BCUT2D eigenvalue weighted by molar-refractivity contribution is 5.77. The Morgan fingerprint density at radius 1 is 1.17 bits per heavy atom. The van der Waals surface area contributed by atoms with Gasteiger partial charge in [-0.1, -0.05) is 25.1 Å². The highest BCUT2D eigenvalue weighted by Gasteiger charge is 2.33. The largest absolute Gasteiger partial charge is 0.381 e. The van der Waals surface area contributed by atoms with Crippen molar-refractivity contribution in [2.75, 3.05) is 24.7 Å². The van der Waals surface area contributed by atoms with E-state index in [0.717, 1.165) is 63.4 Å². The Morgan fingerprint density at radius 2 is 2.00 bits per heavy atom. The van der Waals surface area contributed by atoms with Crippen LogP contribution in [0.5, 0.6) is 0 Å². The molecule has 0 N–H and O–H groups in total. The molecule has 3 aromatic rings. The molecule has 0 radical (unpaired) electrons. The van der Waals surface area contributed by atoms with Crippen LogP contribution in [0.2, 0.25) is 0 Å². The number of carbonyl (C=O) groups excluding carboxylic acids is 1. The lowest BCUT2D eigenvalue weighted by atomic mass is 9.87. The van der Waals surface area contributed by atoms with Crippen molar-refractivity contribution in [1.82, 2.24) is 24.5 Å². The quantitative estimate of drug-likeness (QED) is 0.558. The zero-order valence-corrected chi connectivity index (χ0v) is 21.6. The molecule has 1 atom stereocenters. The maximum atomic E-state index is 12.7. The number of nitrogens with zero attached hydrogens (tertiary/aromatic N) is 6. The number of anilines is 1. The second-order valence-electron chi connectivity index (χ2n) is 10.5. The lowest BCUT2D eigenvalue weighted by Crippen LogP contribution is -2.38. The highest BCUT2D eigenvalue weighted by Crippen LogP contribution is 2.39. The monoisotopic (exact) mass is 488 g/mol. The number of aromatic nitrogens is 4. The van der Waals surface area contributed by atoms with Gasteiger partial charge in [0.2, 0.25) is 5.91 Å². The lowest BCUT2D eigenvalue weighted by molar-refractivity contribution is -0.131. The molecule has 3 aliphatic heterocycles. The van der Waals surface area contributed by atoms with Crippen LogP contribution in [0.1, 0.15) is 61.5 Å². The van der Waals surface area contributed by atoms with E-state index in [2.05, 4.69) is 46.0 Å². The van der Waals surface area contributed by atoms with Gasteiger partial charge in [-0.05, 0) is 37.3 Å². The number of benzene rings is 1. The molecule has 1 amide bonds. The molecular weight excluding hydrogens is 452 g/mol. The van der Waals surface area contributed by atoms with Gasteiger partial charge in [0.05, 0.1) is 23.6 Å². The Hall–Kier alpha value is -3.13. The lowest BCUT2D eigenvalue weighted by Gasteiger charge is -2.36. The third kappa shape index (κ3) is 4.01. The van der Waals surface area contributed by atoms with Crippen molar-refractivity contribution in [2.45, 2.75) is 71.1 Å². The minimum Gasteiger partial charge on any atom is -0.381 e. The normalized spacial score (nSPS) is 20.4. The molecule has 0 bridgehead atoms. The van der Waals surface area contributed by atoms with Gasteiger partial charge in [-0.2, -0.15) is 10.2 Å². The maximum Gasteiger partial charge on any atom is 0.222 e. The van der Waals surface area contributed by atoms with Gasteiger partial charge < -0.3 is 14.5 Å². The molecule has 5 heterocycles. The minimum atomic E-state index is 0.223. The number of ether oxygens (including phenoxy) is 1. The van der Waals surface area contributed by atoms with Gasteiger partial charge in [0.25, 0.3) is 0 Å². The summed E-state index contributed by atoms with van der Waals surface area (Å²) in [6.07, 6.45) is 8.40. The van der Waals surface area contributed by atoms with Crippen molar-refractivity contribution >= 4 is 11.6 Å². The van der Waals surface area contributed by atoms with Crippen LogP contribution in [0.4, 0.5) is 5.69 Å². The van der Waals surface area contributed by atoms with Crippen LogP contribution in [-0.2, 0) is 42.5 Å². The number of amides is 1. The van der Waals surface area contributed by atoms with Crippen molar-refractivity contribution in [1.29, 1.82) is 0 Å². The summed E-state index contributed by atoms with van der Waals surface area (Å²) >= 11 is 0. The van der Waals surface area contributed by atoms with Gasteiger partial charge in [-0.15, -0.1) is 0 Å². The average molecular weight is 489 g/mol. The molecule has 2 aromatic heterocycles. The van der Waals surface area contributed by atoms with E-state index in [0.29, 0.717) is 25.0 Å². The van der Waals surface area contributed by atoms with Gasteiger partial charge >= 0.3 is 0 Å². The van der Waals surface area contributed by atoms with Gasteiger partial charge in [0.15, 0.2) is 0 Å². The maximum absolute atomic E-state index is 12.7. The summed E-state index contributed by atoms with van der Waals surface area (Å²) in [6, 6.07) is 7.39. The van der Waals surface area contributed by atoms with Crippen LogP contribution in [0.25, 0.3) is 11.3 Å². The van der Waals surface area contributed by atoms with Crippen LogP contribution >= 0.6 is 0 Å². The molecule has 190 valence electrons. The second-order valence-corrected chi connectivity index (χ2v) is 10.5. The molecule has 36 heavy (non-hydrogen) atoms. The number of hydrogen-bond acceptors (Lipinski definition) is 5. The molecule has 8 nitrogen and oxygen atoms in total. The summed E-state index contributed by atoms with van der Waals surface area (Å²) in [6.45, 7) is 8.12. The Balaban J connectivity index is 1.42. The fourth-order valence-electron chi connectivity index (χ4n) is 6.22. The number of rotatable bonds is 4. The van der Waals surface area contributed by atoms with Crippen molar-refractivity contribution in [3.05, 3.63) is 53.0 Å². The first-order valence-corrected chi connectivity index (χ1v) is 13.4. The van der Waals surface area contributed by atoms with Gasteiger partial charge in [-0.25, -0.2) is 0 Å². The summed E-state index contributed by atoms with van der Waals surface area (Å²) in [7, 11) is 1.97. The van der Waals surface area contributed by atoms with Gasteiger partial charge in [-0.3, -0.25) is 14.2 Å². The topological polar surface area (TPSA) is 68.4 Å². The number of carbonyl (C=O) groups is 1. The predicted octanol–water partition coefficient (Wildman–Crippen LogP) is 3.88. The fourth-order valence-corrected chi connectivity index (χ4v) is 6.22. The third-order valence-electron chi connectivity index (χ3n) is 8.20. The first kappa shape index (κ1) is 23.3. The highest BCUT2D eigenvalue weighted by atomic mass is 16.5. The minimum absolute atomic E-state index is 0.223. The van der Waals surface area contributed by atoms with Crippen molar-refractivity contribution in [3.63, 3.8) is 0 Å². The van der Waals surface area contributed by atoms with Crippen LogP contribution < -0.4 is 4.90 Å². The van der Waals surface area contributed by atoms with Crippen molar-refractivity contribution < 1.29 is 9.53 Å². The molecule has 0 spiro atoms. The predicted molar refractivity (Wildman–Crippen MR) is 139 cm³/mol. The van der Waals surface area contributed by atoms with Crippen LogP contribution in [0.3, 0.4) is 0 Å². The summed E-state index contributed by atoms with van der Waals surface area (Å²) in [5.74, 6) is 0.223. The Labute approximate surface area is 212 Å². The molecule has 0 aliphatic carbocycles. The zero-order valence-electron chi connectivity index (χ0n) is 21.6. The second kappa shape index (κ2) is 9.39. The number of fused-ring (bicyclic) bond motifs is 2. The van der Waals surface area contributed by atoms with Crippen LogP contribution in [-0.4, -0.2) is 56.2 Å². The molecule has 1 aromatic carbocycles. The average Bonchev–Trinajstić information content (AvgIpc) is 3.51. The molecule has 8 heteroatoms. The summed E-state index contributed by atoms with van der Waals surface area (Å²) in [5, 5.41) is 9.71. The Bertz CT molecular complexity index is 1270. The molecule has 1 unspecified atom stereocenters. The molecule has 1 saturated heterocycles. The van der Waals surface area contributed by atoms with Gasteiger partial charge in [0, 0.05) is 81.8 Å². The van der Waals surface area contributed by atoms with E-state index in [1.165, 1.54) is 27.9 Å². The summed E-state index contributed by atoms with van der Waals surface area (Å²) < 4.78 is 9.82. The smallest absolute Gasteiger partial charge is 0.222 e. The Morgan fingerprint density at radius 3 is 2.75 bits per heavy atom. The summed E-state index contributed by atoms with van der Waals surface area (Å²) in [5.41, 5.74) is 8.77. The van der Waals surface area contributed by atoms with E-state index in [1.54, 1.807) is 0 Å². The van der Waals surface area contributed by atoms with Crippen LogP contribution in [0, 0.1) is 0 Å². The number of hydrogen-bond donors (Lipinski definition) is 0. The van der Waals surface area contributed by atoms with E-state index in [4.69, 9.17) is 9.84 Å². The fraction of sp³-hybridized carbons (Fsp3) is 0.536. The van der Waals surface area contributed by atoms with Crippen molar-refractivity contribution in [2.24, 2.45) is 7.05 Å². The Kier molecular flexibility index (Phi) is 6.07. The standard InChI is InChI=1S/C28H36N6O2/c1-4-27(35)32-11-8-26-25(18-32)28(30-34(26)21-9-12-36-13-10-21)23-7-5-6-20-16-33(19(2)14-24(20)23)22-15-29-31(3)17-22/h5-7,15,17,19,21H,4,8-14,16,18H2,1-3H3. The van der Waals surface area contributed by atoms with Crippen LogP contribution in [0.15, 0.2) is 30.6 Å². The van der Waals surface area contributed by atoms with E-state index in [1.807, 2.05) is 29.7 Å². The zero-order chi connectivity index (χ0) is 24.8. The SMILES string of the molecule is CCC(=O)N1CCc2c(c(-c3cccc4c3CC(C)N(c3cnn(C)c3)C4)nn2C2CCOCC2)C1. The first-order valence-electron chi connectivity index (χ1n) is 13.4. The first-order chi connectivity index (χ1) is 17.5. The molecule has 3 aliphatic rings. The molecule has 0 saturated carbocycles. The van der Waals surface area contributed by atoms with Crippen molar-refractivity contribution in [3.8, 4) is 11.3 Å². The molecule has 1 fully saturated rings. The van der Waals surface area contributed by atoms with E-state index < -0.39 is 0 Å². The summed E-state index contributed by atoms with van der Waals surface area (Å²) in [4.78, 5) is 17.1. The van der Waals surface area contributed by atoms with E-state index in [9.17, 15) is 4.79 Å². The number of aryl methyl sites for hydroxylation is 1. The van der Waals surface area contributed by atoms with E-state index >= 15 is 0 Å². The van der Waals surface area contributed by atoms with Gasteiger partial charge in [0.1, 0.15) is 0 Å². The van der Waals surface area contributed by atoms with E-state index in [-0.39, 0.29) is 5.91 Å². The molecule has 6 rings (SSSR count). The third-order valence-corrected chi connectivity index (χ3v) is 8.20. The molecular formula is C28H36N6O2.